The largest absolute Gasteiger partial charge is 0.300 e. The minimum absolute atomic E-state index is 0.166. The molecule has 0 spiro atoms. The monoisotopic (exact) mass is 194 g/mol. The van der Waals surface area contributed by atoms with Gasteiger partial charge in [0.2, 0.25) is 0 Å². The van der Waals surface area contributed by atoms with Crippen molar-refractivity contribution >= 4 is 5.78 Å². The summed E-state index contributed by atoms with van der Waals surface area (Å²) in [5.41, 5.74) is 2.57. The SMILES string of the molecule is CC(=O)C(CC=C(C)C)CC=C(C)C. The first-order chi connectivity index (χ1) is 6.43. The van der Waals surface area contributed by atoms with Crippen molar-refractivity contribution in [1.29, 1.82) is 0 Å². The van der Waals surface area contributed by atoms with Crippen LogP contribution >= 0.6 is 0 Å². The molecule has 0 aromatic heterocycles. The molecule has 0 amide bonds. The maximum Gasteiger partial charge on any atom is 0.133 e. The summed E-state index contributed by atoms with van der Waals surface area (Å²) in [5, 5.41) is 0. The molecule has 0 rings (SSSR count). The van der Waals surface area contributed by atoms with Gasteiger partial charge in [-0.3, -0.25) is 4.79 Å². The van der Waals surface area contributed by atoms with Crippen molar-refractivity contribution in [2.24, 2.45) is 5.92 Å². The second-order valence-electron chi connectivity index (χ2n) is 4.34. The van der Waals surface area contributed by atoms with Gasteiger partial charge >= 0.3 is 0 Å². The summed E-state index contributed by atoms with van der Waals surface area (Å²) in [7, 11) is 0. The van der Waals surface area contributed by atoms with Crippen molar-refractivity contribution in [3.63, 3.8) is 0 Å². The fraction of sp³-hybridized carbons (Fsp3) is 0.615. The lowest BCUT2D eigenvalue weighted by Gasteiger charge is -2.09. The van der Waals surface area contributed by atoms with Gasteiger partial charge in [0.05, 0.1) is 0 Å². The molecule has 0 radical (unpaired) electrons. The first-order valence-electron chi connectivity index (χ1n) is 5.20. The van der Waals surface area contributed by atoms with Crippen molar-refractivity contribution in [1.82, 2.24) is 0 Å². The first kappa shape index (κ1) is 13.2. The van der Waals surface area contributed by atoms with Crippen LogP contribution in [-0.2, 0) is 4.79 Å². The highest BCUT2D eigenvalue weighted by molar-refractivity contribution is 5.78. The number of rotatable bonds is 5. The summed E-state index contributed by atoms with van der Waals surface area (Å²) in [6.45, 7) is 9.95. The second kappa shape index (κ2) is 6.58. The van der Waals surface area contributed by atoms with E-state index in [2.05, 4.69) is 39.8 Å². The number of Topliss-reactive ketones (excluding diaryl/α,β-unsaturated/α-hetero) is 1. The third-order valence-electron chi connectivity index (χ3n) is 2.20. The highest BCUT2D eigenvalue weighted by Crippen LogP contribution is 2.14. The Kier molecular flexibility index (Phi) is 6.18. The van der Waals surface area contributed by atoms with E-state index in [9.17, 15) is 4.79 Å². The molecule has 0 N–H and O–H groups in total. The summed E-state index contributed by atoms with van der Waals surface area (Å²) in [5.74, 6) is 0.458. The Hall–Kier alpha value is -0.850. The standard InChI is InChI=1S/C13H22O/c1-10(2)6-8-13(12(5)14)9-7-11(3)4/h6-7,13H,8-9H2,1-5H3. The molecule has 0 aromatic carbocycles. The number of hydrogen-bond acceptors (Lipinski definition) is 1. The zero-order valence-corrected chi connectivity index (χ0v) is 10.1. The van der Waals surface area contributed by atoms with Gasteiger partial charge in [0.15, 0.2) is 0 Å². The van der Waals surface area contributed by atoms with Gasteiger partial charge in [-0.1, -0.05) is 23.3 Å². The smallest absolute Gasteiger partial charge is 0.133 e. The Morgan fingerprint density at radius 2 is 1.29 bits per heavy atom. The van der Waals surface area contributed by atoms with E-state index in [0.717, 1.165) is 12.8 Å². The minimum Gasteiger partial charge on any atom is -0.300 e. The van der Waals surface area contributed by atoms with Gasteiger partial charge in [0, 0.05) is 5.92 Å². The highest BCUT2D eigenvalue weighted by Gasteiger charge is 2.10. The van der Waals surface area contributed by atoms with Gasteiger partial charge < -0.3 is 0 Å². The summed E-state index contributed by atoms with van der Waals surface area (Å²) >= 11 is 0. The molecule has 0 heterocycles. The molecule has 0 aromatic rings. The molecule has 14 heavy (non-hydrogen) atoms. The van der Waals surface area contributed by atoms with Gasteiger partial charge in [-0.05, 0) is 47.5 Å². The van der Waals surface area contributed by atoms with Crippen LogP contribution in [0.25, 0.3) is 0 Å². The van der Waals surface area contributed by atoms with Crippen LogP contribution in [0.3, 0.4) is 0 Å². The predicted molar refractivity (Wildman–Crippen MR) is 62.3 cm³/mol. The Bertz CT molecular complexity index is 218. The quantitative estimate of drug-likeness (QED) is 0.606. The van der Waals surface area contributed by atoms with E-state index < -0.39 is 0 Å². The molecule has 0 aliphatic heterocycles. The van der Waals surface area contributed by atoms with Crippen LogP contribution in [0.15, 0.2) is 23.3 Å². The fourth-order valence-corrected chi connectivity index (χ4v) is 1.18. The number of carbonyl (C=O) groups is 1. The topological polar surface area (TPSA) is 17.1 Å². The van der Waals surface area contributed by atoms with E-state index in [1.807, 2.05) is 0 Å². The van der Waals surface area contributed by atoms with E-state index in [0.29, 0.717) is 5.78 Å². The van der Waals surface area contributed by atoms with Gasteiger partial charge in [0.1, 0.15) is 5.78 Å². The average Bonchev–Trinajstić information content (AvgIpc) is 2.02. The van der Waals surface area contributed by atoms with E-state index in [1.54, 1.807) is 6.92 Å². The lowest BCUT2D eigenvalue weighted by atomic mass is 9.95. The first-order valence-corrected chi connectivity index (χ1v) is 5.20. The maximum atomic E-state index is 11.3. The van der Waals surface area contributed by atoms with E-state index in [4.69, 9.17) is 0 Å². The van der Waals surface area contributed by atoms with Crippen LogP contribution in [0.4, 0.5) is 0 Å². The number of allylic oxidation sites excluding steroid dienone is 4. The molecular weight excluding hydrogens is 172 g/mol. The van der Waals surface area contributed by atoms with Crippen LogP contribution in [0.2, 0.25) is 0 Å². The molecule has 0 saturated carbocycles. The third-order valence-corrected chi connectivity index (χ3v) is 2.20. The summed E-state index contributed by atoms with van der Waals surface area (Å²) in [6, 6.07) is 0. The molecule has 0 aliphatic carbocycles. The van der Waals surface area contributed by atoms with Crippen LogP contribution in [0.5, 0.6) is 0 Å². The Morgan fingerprint density at radius 3 is 1.50 bits per heavy atom. The van der Waals surface area contributed by atoms with E-state index in [-0.39, 0.29) is 5.92 Å². The zero-order chi connectivity index (χ0) is 11.1. The summed E-state index contributed by atoms with van der Waals surface area (Å²) < 4.78 is 0. The van der Waals surface area contributed by atoms with E-state index in [1.165, 1.54) is 11.1 Å². The Balaban J connectivity index is 4.24. The highest BCUT2D eigenvalue weighted by atomic mass is 16.1. The maximum absolute atomic E-state index is 11.3. The lowest BCUT2D eigenvalue weighted by Crippen LogP contribution is -2.09. The third kappa shape index (κ3) is 6.64. The van der Waals surface area contributed by atoms with E-state index >= 15 is 0 Å². The molecular formula is C13H22O. The molecule has 0 fully saturated rings. The molecule has 1 nitrogen and oxygen atoms in total. The lowest BCUT2D eigenvalue weighted by molar-refractivity contribution is -0.120. The van der Waals surface area contributed by atoms with Gasteiger partial charge in [-0.15, -0.1) is 0 Å². The molecule has 0 aliphatic rings. The van der Waals surface area contributed by atoms with Crippen LogP contribution in [0.1, 0.15) is 47.5 Å². The minimum atomic E-state index is 0.166. The van der Waals surface area contributed by atoms with Crippen LogP contribution in [-0.4, -0.2) is 5.78 Å². The Labute approximate surface area is 87.9 Å². The predicted octanol–water partition coefficient (Wildman–Crippen LogP) is 3.90. The van der Waals surface area contributed by atoms with Crippen molar-refractivity contribution in [2.45, 2.75) is 47.5 Å². The molecule has 0 bridgehead atoms. The van der Waals surface area contributed by atoms with Gasteiger partial charge in [0.25, 0.3) is 0 Å². The van der Waals surface area contributed by atoms with Gasteiger partial charge in [-0.2, -0.15) is 0 Å². The molecule has 0 unspecified atom stereocenters. The summed E-state index contributed by atoms with van der Waals surface area (Å²) in [6.07, 6.45) is 6.04. The van der Waals surface area contributed by atoms with Crippen molar-refractivity contribution in [2.75, 3.05) is 0 Å². The average molecular weight is 194 g/mol. The van der Waals surface area contributed by atoms with Crippen molar-refractivity contribution < 1.29 is 4.79 Å². The van der Waals surface area contributed by atoms with Crippen molar-refractivity contribution in [3.05, 3.63) is 23.3 Å². The molecule has 0 atom stereocenters. The number of hydrogen-bond donors (Lipinski definition) is 0. The molecule has 0 saturated heterocycles. The van der Waals surface area contributed by atoms with Crippen LogP contribution < -0.4 is 0 Å². The number of carbonyl (C=O) groups excluding carboxylic acids is 1. The molecule has 80 valence electrons. The Morgan fingerprint density at radius 1 is 0.929 bits per heavy atom. The second-order valence-corrected chi connectivity index (χ2v) is 4.34. The van der Waals surface area contributed by atoms with Crippen LogP contribution in [0, 0.1) is 5.92 Å². The zero-order valence-electron chi connectivity index (χ0n) is 10.1. The number of ketones is 1. The van der Waals surface area contributed by atoms with Crippen molar-refractivity contribution in [3.8, 4) is 0 Å². The fourth-order valence-electron chi connectivity index (χ4n) is 1.18. The normalized spacial score (nSPS) is 9.86. The van der Waals surface area contributed by atoms with Gasteiger partial charge in [-0.25, -0.2) is 0 Å². The summed E-state index contributed by atoms with van der Waals surface area (Å²) in [4.78, 5) is 11.3. The molecule has 1 heteroatoms.